The summed E-state index contributed by atoms with van der Waals surface area (Å²) >= 11 is 0. The topological polar surface area (TPSA) is 31.2 Å². The average molecular weight is 347 g/mol. The van der Waals surface area contributed by atoms with E-state index in [0.29, 0.717) is 28.9 Å². The number of ether oxygens (including phenoxy) is 1. The molecule has 0 radical (unpaired) electrons. The Labute approximate surface area is 142 Å². The number of halogens is 3. The largest absolute Gasteiger partial charge is 0.492 e. The van der Waals surface area contributed by atoms with E-state index >= 15 is 0 Å². The molecular weight excluding hydrogens is 331 g/mol. The zero-order valence-electron chi connectivity index (χ0n) is 13.5. The summed E-state index contributed by atoms with van der Waals surface area (Å²) in [6, 6.07) is 15.8. The monoisotopic (exact) mass is 347 g/mol. The van der Waals surface area contributed by atoms with Gasteiger partial charge in [-0.3, -0.25) is 4.79 Å². The number of benzene rings is 2. The number of ketones is 1. The lowest BCUT2D eigenvalue weighted by Gasteiger charge is -2.11. The van der Waals surface area contributed by atoms with Crippen molar-refractivity contribution in [2.24, 2.45) is 0 Å². The average Bonchev–Trinajstić information content (AvgIpc) is 2.86. The van der Waals surface area contributed by atoms with Gasteiger partial charge in [0.1, 0.15) is 12.4 Å². The van der Waals surface area contributed by atoms with Crippen LogP contribution >= 0.6 is 0 Å². The summed E-state index contributed by atoms with van der Waals surface area (Å²) in [6.07, 6.45) is -4.90. The van der Waals surface area contributed by atoms with Crippen molar-refractivity contribution < 1.29 is 22.7 Å². The lowest BCUT2D eigenvalue weighted by molar-refractivity contribution is -0.0884. The van der Waals surface area contributed by atoms with E-state index in [-0.39, 0.29) is 12.2 Å². The SMILES string of the molecule is Cc1c(C(=O)C(F)(F)F)c2ccccc2n1CCOc1ccccc1. The Hall–Kier alpha value is -2.76. The normalized spacial score (nSPS) is 11.7. The summed E-state index contributed by atoms with van der Waals surface area (Å²) in [4.78, 5) is 11.8. The highest BCUT2D eigenvalue weighted by molar-refractivity contribution is 6.12. The Morgan fingerprint density at radius 1 is 1.04 bits per heavy atom. The van der Waals surface area contributed by atoms with Gasteiger partial charge in [0.25, 0.3) is 5.78 Å². The number of aromatic nitrogens is 1. The molecule has 1 aromatic heterocycles. The van der Waals surface area contributed by atoms with E-state index in [4.69, 9.17) is 4.74 Å². The summed E-state index contributed by atoms with van der Waals surface area (Å²) < 4.78 is 46.1. The van der Waals surface area contributed by atoms with Crippen LogP contribution in [-0.4, -0.2) is 23.1 Å². The van der Waals surface area contributed by atoms with Gasteiger partial charge >= 0.3 is 6.18 Å². The maximum absolute atomic E-state index is 12.9. The molecule has 3 aromatic rings. The Morgan fingerprint density at radius 2 is 1.68 bits per heavy atom. The highest BCUT2D eigenvalue weighted by Crippen LogP contribution is 2.31. The van der Waals surface area contributed by atoms with Crippen LogP contribution in [0.2, 0.25) is 0 Å². The first kappa shape index (κ1) is 17.1. The number of alkyl halides is 3. The molecule has 1 heterocycles. The van der Waals surface area contributed by atoms with Crippen molar-refractivity contribution in [1.29, 1.82) is 0 Å². The van der Waals surface area contributed by atoms with Crippen LogP contribution in [0.15, 0.2) is 54.6 Å². The molecule has 0 amide bonds. The van der Waals surface area contributed by atoms with Gasteiger partial charge in [-0.1, -0.05) is 36.4 Å². The van der Waals surface area contributed by atoms with E-state index in [1.807, 2.05) is 18.2 Å². The van der Waals surface area contributed by atoms with Crippen molar-refractivity contribution in [3.63, 3.8) is 0 Å². The number of Topliss-reactive ketones (excluding diaryl/α,β-unsaturated/α-hetero) is 1. The third-order valence-corrected chi connectivity index (χ3v) is 4.04. The lowest BCUT2D eigenvalue weighted by Crippen LogP contribution is -2.23. The van der Waals surface area contributed by atoms with Gasteiger partial charge < -0.3 is 9.30 Å². The van der Waals surface area contributed by atoms with Crippen LogP contribution in [-0.2, 0) is 6.54 Å². The molecule has 0 N–H and O–H groups in total. The first-order chi connectivity index (χ1) is 11.9. The predicted octanol–water partition coefficient (Wildman–Crippen LogP) is 4.77. The fraction of sp³-hybridized carbons (Fsp3) is 0.211. The maximum atomic E-state index is 12.9. The van der Waals surface area contributed by atoms with Gasteiger partial charge in [-0.05, 0) is 25.1 Å². The highest BCUT2D eigenvalue weighted by Gasteiger charge is 2.41. The highest BCUT2D eigenvalue weighted by atomic mass is 19.4. The summed E-state index contributed by atoms with van der Waals surface area (Å²) in [5.41, 5.74) is 0.590. The minimum atomic E-state index is -4.90. The van der Waals surface area contributed by atoms with Crippen LogP contribution in [0.5, 0.6) is 5.75 Å². The molecule has 25 heavy (non-hydrogen) atoms. The number of fused-ring (bicyclic) bond motifs is 1. The van der Waals surface area contributed by atoms with Crippen LogP contribution in [0.3, 0.4) is 0 Å². The third-order valence-electron chi connectivity index (χ3n) is 4.04. The number of nitrogens with zero attached hydrogens (tertiary/aromatic N) is 1. The molecule has 0 spiro atoms. The molecule has 0 bridgehead atoms. The van der Waals surface area contributed by atoms with Gasteiger partial charge in [-0.15, -0.1) is 0 Å². The molecule has 2 aromatic carbocycles. The van der Waals surface area contributed by atoms with Crippen molar-refractivity contribution in [3.8, 4) is 5.75 Å². The van der Waals surface area contributed by atoms with Crippen molar-refractivity contribution in [3.05, 3.63) is 65.9 Å². The van der Waals surface area contributed by atoms with Gasteiger partial charge in [0.2, 0.25) is 0 Å². The second-order valence-electron chi connectivity index (χ2n) is 5.62. The van der Waals surface area contributed by atoms with Gasteiger partial charge in [-0.2, -0.15) is 13.2 Å². The van der Waals surface area contributed by atoms with E-state index < -0.39 is 12.0 Å². The third kappa shape index (κ3) is 3.38. The quantitative estimate of drug-likeness (QED) is 0.622. The summed E-state index contributed by atoms with van der Waals surface area (Å²) in [6.45, 7) is 2.15. The maximum Gasteiger partial charge on any atom is 0.454 e. The van der Waals surface area contributed by atoms with Gasteiger partial charge in [0.15, 0.2) is 0 Å². The number of para-hydroxylation sites is 2. The van der Waals surface area contributed by atoms with Crippen LogP contribution in [0.25, 0.3) is 10.9 Å². The summed E-state index contributed by atoms with van der Waals surface area (Å²) in [5.74, 6) is -1.13. The molecule has 3 nitrogen and oxygen atoms in total. The molecule has 0 aliphatic rings. The molecule has 0 saturated heterocycles. The van der Waals surface area contributed by atoms with Crippen molar-refractivity contribution in [2.75, 3.05) is 6.61 Å². The van der Waals surface area contributed by atoms with E-state index in [1.54, 1.807) is 34.9 Å². The molecule has 0 aliphatic carbocycles. The summed E-state index contributed by atoms with van der Waals surface area (Å²) in [7, 11) is 0. The zero-order valence-corrected chi connectivity index (χ0v) is 13.5. The second kappa shape index (κ2) is 6.63. The Morgan fingerprint density at radius 3 is 2.36 bits per heavy atom. The molecule has 0 unspecified atom stereocenters. The molecule has 130 valence electrons. The molecule has 3 rings (SSSR count). The van der Waals surface area contributed by atoms with E-state index in [1.165, 1.54) is 13.0 Å². The Balaban J connectivity index is 1.93. The molecule has 0 saturated carbocycles. The predicted molar refractivity (Wildman–Crippen MR) is 89.0 cm³/mol. The van der Waals surface area contributed by atoms with E-state index in [9.17, 15) is 18.0 Å². The lowest BCUT2D eigenvalue weighted by atomic mass is 10.1. The van der Waals surface area contributed by atoms with Crippen LogP contribution in [0, 0.1) is 6.92 Å². The number of carbonyl (C=O) groups is 1. The van der Waals surface area contributed by atoms with Gasteiger partial charge in [0, 0.05) is 16.6 Å². The fourth-order valence-corrected chi connectivity index (χ4v) is 2.92. The molecular formula is C19H16F3NO2. The van der Waals surface area contributed by atoms with Crippen LogP contribution in [0.1, 0.15) is 16.1 Å². The minimum absolute atomic E-state index is 0.281. The standard InChI is InChI=1S/C19H16F3NO2/c1-13-17(18(24)19(20,21)22)15-9-5-6-10-16(15)23(13)11-12-25-14-7-3-2-4-8-14/h2-10H,11-12H2,1H3. The van der Waals surface area contributed by atoms with Crippen molar-refractivity contribution in [2.45, 2.75) is 19.6 Å². The molecule has 0 atom stereocenters. The molecule has 0 fully saturated rings. The van der Waals surface area contributed by atoms with E-state index in [0.717, 1.165) is 0 Å². The smallest absolute Gasteiger partial charge is 0.454 e. The van der Waals surface area contributed by atoms with Crippen LogP contribution < -0.4 is 4.74 Å². The van der Waals surface area contributed by atoms with Crippen LogP contribution in [0.4, 0.5) is 13.2 Å². The van der Waals surface area contributed by atoms with Gasteiger partial charge in [-0.25, -0.2) is 0 Å². The first-order valence-corrected chi connectivity index (χ1v) is 7.77. The first-order valence-electron chi connectivity index (χ1n) is 7.77. The van der Waals surface area contributed by atoms with Gasteiger partial charge in [0.05, 0.1) is 12.1 Å². The number of rotatable bonds is 5. The minimum Gasteiger partial charge on any atom is -0.492 e. The Bertz CT molecular complexity index is 898. The van der Waals surface area contributed by atoms with E-state index in [2.05, 4.69) is 0 Å². The molecule has 0 aliphatic heterocycles. The number of carbonyl (C=O) groups excluding carboxylic acids is 1. The van der Waals surface area contributed by atoms with Crippen molar-refractivity contribution in [1.82, 2.24) is 4.57 Å². The summed E-state index contributed by atoms with van der Waals surface area (Å²) in [5, 5.41) is 0.307. The number of hydrogen-bond acceptors (Lipinski definition) is 2. The second-order valence-corrected chi connectivity index (χ2v) is 5.62. The fourth-order valence-electron chi connectivity index (χ4n) is 2.92. The zero-order chi connectivity index (χ0) is 18.0. The van der Waals surface area contributed by atoms with Crippen molar-refractivity contribution >= 4 is 16.7 Å². The molecule has 6 heteroatoms. The number of hydrogen-bond donors (Lipinski definition) is 0. The Kier molecular flexibility index (Phi) is 4.53.